The molecule has 110 valence electrons. The van der Waals surface area contributed by atoms with E-state index in [-0.39, 0.29) is 18.1 Å². The van der Waals surface area contributed by atoms with E-state index in [0.717, 1.165) is 11.3 Å². The van der Waals surface area contributed by atoms with Gasteiger partial charge in [0.05, 0.1) is 13.7 Å². The van der Waals surface area contributed by atoms with Gasteiger partial charge in [-0.1, -0.05) is 0 Å². The first-order valence-corrected chi connectivity index (χ1v) is 7.07. The van der Waals surface area contributed by atoms with Gasteiger partial charge in [-0.2, -0.15) is 0 Å². The van der Waals surface area contributed by atoms with Gasteiger partial charge in [-0.3, -0.25) is 4.79 Å². The summed E-state index contributed by atoms with van der Waals surface area (Å²) in [7, 11) is 1.53. The Hall–Kier alpha value is -2.28. The van der Waals surface area contributed by atoms with Crippen molar-refractivity contribution in [1.29, 1.82) is 0 Å². The molecule has 0 unspecified atom stereocenters. The summed E-state index contributed by atoms with van der Waals surface area (Å²) in [6.07, 6.45) is 1.58. The molecule has 0 aliphatic rings. The molecule has 0 spiro atoms. The maximum Gasteiger partial charge on any atom is 0.358 e. The summed E-state index contributed by atoms with van der Waals surface area (Å²) >= 11 is 1.15. The maximum atomic E-state index is 11.8. The number of hydrogen-bond acceptors (Lipinski definition) is 7. The molecule has 0 N–H and O–H groups in total. The first-order valence-electron chi connectivity index (χ1n) is 6.26. The molecule has 0 atom stereocenters. The lowest BCUT2D eigenvalue weighted by molar-refractivity contribution is 0.0517. The van der Waals surface area contributed by atoms with Gasteiger partial charge in [0.15, 0.2) is 11.5 Å². The molecule has 0 saturated carbocycles. The standard InChI is InChI=1S/C14H14N2O4S/c1-4-20-14(18)11-12(8(2)17)21-13(16-11)9-5-6-10(19-3)15-7-9/h5-7H,4H2,1-3H3. The van der Waals surface area contributed by atoms with Gasteiger partial charge in [0, 0.05) is 24.8 Å². The molecule has 0 aliphatic carbocycles. The van der Waals surface area contributed by atoms with E-state index < -0.39 is 5.97 Å². The van der Waals surface area contributed by atoms with E-state index in [1.54, 1.807) is 25.3 Å². The number of rotatable bonds is 5. The average molecular weight is 306 g/mol. The van der Waals surface area contributed by atoms with Gasteiger partial charge in [-0.25, -0.2) is 14.8 Å². The zero-order valence-electron chi connectivity index (χ0n) is 11.9. The molecule has 0 bridgehead atoms. The maximum absolute atomic E-state index is 11.8. The lowest BCUT2D eigenvalue weighted by atomic mass is 10.3. The van der Waals surface area contributed by atoms with E-state index >= 15 is 0 Å². The number of Topliss-reactive ketones (excluding diaryl/α,β-unsaturated/α-hetero) is 1. The summed E-state index contributed by atoms with van der Waals surface area (Å²) in [5, 5.41) is 0.540. The van der Waals surface area contributed by atoms with Crippen LogP contribution in [0.25, 0.3) is 10.6 Å². The quantitative estimate of drug-likeness (QED) is 0.624. The molecule has 2 aromatic heterocycles. The van der Waals surface area contributed by atoms with Gasteiger partial charge in [-0.15, -0.1) is 11.3 Å². The number of carbonyl (C=O) groups is 2. The fraction of sp³-hybridized carbons (Fsp3) is 0.286. The number of aromatic nitrogens is 2. The van der Waals surface area contributed by atoms with Gasteiger partial charge in [0.25, 0.3) is 0 Å². The van der Waals surface area contributed by atoms with Crippen LogP contribution in [0, 0.1) is 0 Å². The zero-order chi connectivity index (χ0) is 15.4. The molecular formula is C14H14N2O4S. The van der Waals surface area contributed by atoms with E-state index in [0.29, 0.717) is 21.3 Å². The van der Waals surface area contributed by atoms with Crippen molar-refractivity contribution in [3.63, 3.8) is 0 Å². The van der Waals surface area contributed by atoms with E-state index in [4.69, 9.17) is 9.47 Å². The third kappa shape index (κ3) is 3.25. The highest BCUT2D eigenvalue weighted by Crippen LogP contribution is 2.29. The Labute approximate surface area is 125 Å². The van der Waals surface area contributed by atoms with Crippen molar-refractivity contribution in [2.24, 2.45) is 0 Å². The predicted octanol–water partition coefficient (Wildman–Crippen LogP) is 2.59. The largest absolute Gasteiger partial charge is 0.481 e. The molecule has 0 aromatic carbocycles. The zero-order valence-corrected chi connectivity index (χ0v) is 12.7. The Morgan fingerprint density at radius 1 is 1.33 bits per heavy atom. The Balaban J connectivity index is 2.42. The van der Waals surface area contributed by atoms with Gasteiger partial charge >= 0.3 is 5.97 Å². The Bertz CT molecular complexity index is 664. The normalized spacial score (nSPS) is 10.2. The van der Waals surface area contributed by atoms with Crippen LogP contribution in [0.2, 0.25) is 0 Å². The second kappa shape index (κ2) is 6.45. The van der Waals surface area contributed by atoms with Crippen molar-refractivity contribution in [1.82, 2.24) is 9.97 Å². The Morgan fingerprint density at radius 2 is 2.10 bits per heavy atom. The van der Waals surface area contributed by atoms with Crippen LogP contribution in [-0.4, -0.2) is 35.4 Å². The third-order valence-electron chi connectivity index (χ3n) is 2.61. The van der Waals surface area contributed by atoms with Crippen LogP contribution in [0.1, 0.15) is 34.0 Å². The van der Waals surface area contributed by atoms with E-state index in [1.165, 1.54) is 14.0 Å². The van der Waals surface area contributed by atoms with Gasteiger partial charge < -0.3 is 9.47 Å². The van der Waals surface area contributed by atoms with Crippen LogP contribution in [0.4, 0.5) is 0 Å². The van der Waals surface area contributed by atoms with Crippen molar-refractivity contribution in [3.05, 3.63) is 28.9 Å². The molecule has 0 aliphatic heterocycles. The van der Waals surface area contributed by atoms with Crippen molar-refractivity contribution < 1.29 is 19.1 Å². The number of carbonyl (C=O) groups excluding carboxylic acids is 2. The number of hydrogen-bond donors (Lipinski definition) is 0. The van der Waals surface area contributed by atoms with Crippen molar-refractivity contribution in [3.8, 4) is 16.5 Å². The van der Waals surface area contributed by atoms with E-state index in [1.807, 2.05) is 0 Å². The number of esters is 1. The summed E-state index contributed by atoms with van der Waals surface area (Å²) in [5.74, 6) is -0.331. The molecule has 2 rings (SSSR count). The molecule has 0 amide bonds. The Morgan fingerprint density at radius 3 is 2.62 bits per heavy atom. The number of ketones is 1. The summed E-state index contributed by atoms with van der Waals surface area (Å²) in [5.41, 5.74) is 0.763. The molecule has 6 nitrogen and oxygen atoms in total. The van der Waals surface area contributed by atoms with Crippen molar-refractivity contribution in [2.45, 2.75) is 13.8 Å². The summed E-state index contributed by atoms with van der Waals surface area (Å²) in [6.45, 7) is 3.32. The third-order valence-corrected chi connectivity index (χ3v) is 3.81. The van der Waals surface area contributed by atoms with Crippen molar-refractivity contribution >= 4 is 23.1 Å². The second-order valence-electron chi connectivity index (χ2n) is 4.06. The minimum absolute atomic E-state index is 0.0557. The summed E-state index contributed by atoms with van der Waals surface area (Å²) in [4.78, 5) is 32.1. The first-order chi connectivity index (χ1) is 10.1. The molecule has 2 heterocycles. The number of thiazole rings is 1. The first kappa shape index (κ1) is 15.1. The highest BCUT2D eigenvalue weighted by atomic mass is 32.1. The Kier molecular flexibility index (Phi) is 4.64. The molecule has 7 heteroatoms. The molecular weight excluding hydrogens is 292 g/mol. The van der Waals surface area contributed by atoms with Crippen LogP contribution < -0.4 is 4.74 Å². The van der Waals surface area contributed by atoms with Crippen LogP contribution >= 0.6 is 11.3 Å². The van der Waals surface area contributed by atoms with Crippen LogP contribution in [0.15, 0.2) is 18.3 Å². The lowest BCUT2D eigenvalue weighted by Gasteiger charge is -1.99. The number of ether oxygens (including phenoxy) is 2. The highest BCUT2D eigenvalue weighted by Gasteiger charge is 2.22. The summed E-state index contributed by atoms with van der Waals surface area (Å²) < 4.78 is 9.91. The molecule has 0 fully saturated rings. The number of methoxy groups -OCH3 is 1. The lowest BCUT2D eigenvalue weighted by Crippen LogP contribution is -2.09. The van der Waals surface area contributed by atoms with Crippen LogP contribution in [-0.2, 0) is 4.74 Å². The topological polar surface area (TPSA) is 78.4 Å². The minimum Gasteiger partial charge on any atom is -0.481 e. The highest BCUT2D eigenvalue weighted by molar-refractivity contribution is 7.17. The van der Waals surface area contributed by atoms with Crippen LogP contribution in [0.3, 0.4) is 0 Å². The van der Waals surface area contributed by atoms with Crippen molar-refractivity contribution in [2.75, 3.05) is 13.7 Å². The minimum atomic E-state index is -0.591. The van der Waals surface area contributed by atoms with E-state index in [2.05, 4.69) is 9.97 Å². The van der Waals surface area contributed by atoms with Gasteiger partial charge in [-0.05, 0) is 13.0 Å². The molecule has 21 heavy (non-hydrogen) atoms. The van der Waals surface area contributed by atoms with Gasteiger partial charge in [0.1, 0.15) is 9.88 Å². The van der Waals surface area contributed by atoms with E-state index in [9.17, 15) is 9.59 Å². The number of pyridine rings is 1. The molecule has 0 saturated heterocycles. The molecule has 0 radical (unpaired) electrons. The summed E-state index contributed by atoms with van der Waals surface area (Å²) in [6, 6.07) is 3.46. The molecule has 2 aromatic rings. The fourth-order valence-electron chi connectivity index (χ4n) is 1.65. The van der Waals surface area contributed by atoms with Crippen LogP contribution in [0.5, 0.6) is 5.88 Å². The predicted molar refractivity (Wildman–Crippen MR) is 77.9 cm³/mol. The smallest absolute Gasteiger partial charge is 0.358 e. The SMILES string of the molecule is CCOC(=O)c1nc(-c2ccc(OC)nc2)sc1C(C)=O. The van der Waals surface area contributed by atoms with Gasteiger partial charge in [0.2, 0.25) is 5.88 Å². The second-order valence-corrected chi connectivity index (χ2v) is 5.06. The average Bonchev–Trinajstić information content (AvgIpc) is 2.93. The number of nitrogens with zero attached hydrogens (tertiary/aromatic N) is 2. The monoisotopic (exact) mass is 306 g/mol. The fourth-order valence-corrected chi connectivity index (χ4v) is 2.59.